The summed E-state index contributed by atoms with van der Waals surface area (Å²) in [7, 11) is 1.62. The molecule has 0 aliphatic carbocycles. The van der Waals surface area contributed by atoms with Gasteiger partial charge in [-0.3, -0.25) is 4.79 Å². The van der Waals surface area contributed by atoms with Crippen LogP contribution in [0.2, 0.25) is 0 Å². The minimum Gasteiger partial charge on any atom is -0.379 e. The maximum atomic E-state index is 11.6. The van der Waals surface area contributed by atoms with Crippen LogP contribution < -0.4 is 10.9 Å². The third kappa shape index (κ3) is 3.54. The summed E-state index contributed by atoms with van der Waals surface area (Å²) in [5.74, 6) is 0. The van der Waals surface area contributed by atoms with Crippen molar-refractivity contribution < 1.29 is 0 Å². The van der Waals surface area contributed by atoms with Crippen LogP contribution in [0.1, 0.15) is 5.56 Å². The van der Waals surface area contributed by atoms with Gasteiger partial charge in [-0.1, -0.05) is 42.5 Å². The lowest BCUT2D eigenvalue weighted by Crippen LogP contribution is -2.21. The second kappa shape index (κ2) is 6.33. The van der Waals surface area contributed by atoms with Gasteiger partial charge in [-0.05, 0) is 21.5 Å². The van der Waals surface area contributed by atoms with Crippen LogP contribution in [-0.2, 0) is 7.05 Å². The van der Waals surface area contributed by atoms with Crippen LogP contribution >= 0.6 is 15.9 Å². The largest absolute Gasteiger partial charge is 0.379 e. The lowest BCUT2D eigenvalue weighted by molar-refractivity contribution is 0.703. The number of nitrogens with one attached hydrogen (secondary N) is 1. The van der Waals surface area contributed by atoms with Crippen molar-refractivity contribution in [2.75, 3.05) is 11.9 Å². The lowest BCUT2D eigenvalue weighted by Gasteiger charge is -2.06. The van der Waals surface area contributed by atoms with Crippen LogP contribution in [0.5, 0.6) is 0 Å². The lowest BCUT2D eigenvalue weighted by atomic mass is 10.2. The molecule has 0 aliphatic heterocycles. The molecule has 2 rings (SSSR count). The van der Waals surface area contributed by atoms with E-state index in [9.17, 15) is 4.79 Å². The van der Waals surface area contributed by atoms with E-state index in [1.165, 1.54) is 4.68 Å². The van der Waals surface area contributed by atoms with Crippen LogP contribution in [0.15, 0.2) is 51.9 Å². The van der Waals surface area contributed by atoms with E-state index in [1.807, 2.05) is 42.5 Å². The molecule has 1 aromatic carbocycles. The van der Waals surface area contributed by atoms with Crippen molar-refractivity contribution in [2.24, 2.45) is 7.05 Å². The Morgan fingerprint density at radius 2 is 2.11 bits per heavy atom. The Kier molecular flexibility index (Phi) is 4.52. The molecule has 0 fully saturated rings. The highest BCUT2D eigenvalue weighted by Crippen LogP contribution is 2.15. The summed E-state index contributed by atoms with van der Waals surface area (Å²) in [6.07, 6.45) is 5.65. The van der Waals surface area contributed by atoms with E-state index in [4.69, 9.17) is 0 Å². The Bertz CT molecular complexity index is 635. The maximum absolute atomic E-state index is 11.6. The van der Waals surface area contributed by atoms with Gasteiger partial charge < -0.3 is 5.32 Å². The summed E-state index contributed by atoms with van der Waals surface area (Å²) in [6, 6.07) is 10.0. The summed E-state index contributed by atoms with van der Waals surface area (Å²) in [6.45, 7) is 0.627. The molecule has 4 nitrogen and oxygen atoms in total. The van der Waals surface area contributed by atoms with Crippen molar-refractivity contribution in [1.82, 2.24) is 9.78 Å². The van der Waals surface area contributed by atoms with Gasteiger partial charge in [-0.2, -0.15) is 5.10 Å². The molecule has 2 aromatic rings. The van der Waals surface area contributed by atoms with Crippen LogP contribution in [0.4, 0.5) is 5.69 Å². The Morgan fingerprint density at radius 3 is 2.84 bits per heavy atom. The molecular formula is C14H14BrN3O. The highest BCUT2D eigenvalue weighted by molar-refractivity contribution is 9.10. The van der Waals surface area contributed by atoms with Crippen LogP contribution in [0.3, 0.4) is 0 Å². The van der Waals surface area contributed by atoms with Crippen molar-refractivity contribution in [3.8, 4) is 0 Å². The van der Waals surface area contributed by atoms with Gasteiger partial charge in [0, 0.05) is 13.6 Å². The smallest absolute Gasteiger partial charge is 0.282 e. The SMILES string of the molecule is Cn1ncc(NC/C=C/c2ccccc2)c(Br)c1=O. The first-order valence-electron chi connectivity index (χ1n) is 5.86. The summed E-state index contributed by atoms with van der Waals surface area (Å²) < 4.78 is 1.79. The zero-order valence-corrected chi connectivity index (χ0v) is 12.1. The molecule has 0 saturated carbocycles. The van der Waals surface area contributed by atoms with E-state index < -0.39 is 0 Å². The van der Waals surface area contributed by atoms with Crippen LogP contribution in [0, 0.1) is 0 Å². The van der Waals surface area contributed by atoms with Gasteiger partial charge >= 0.3 is 0 Å². The average molecular weight is 320 g/mol. The second-order valence-corrected chi connectivity index (χ2v) is 4.79. The molecule has 98 valence electrons. The number of aryl methyl sites for hydroxylation is 1. The maximum Gasteiger partial charge on any atom is 0.282 e. The number of aromatic nitrogens is 2. The Morgan fingerprint density at radius 1 is 1.37 bits per heavy atom. The molecule has 1 N–H and O–H groups in total. The topological polar surface area (TPSA) is 46.9 Å². The third-order valence-electron chi connectivity index (χ3n) is 2.60. The molecule has 0 atom stereocenters. The number of nitrogens with zero attached hydrogens (tertiary/aromatic N) is 2. The molecule has 5 heteroatoms. The zero-order valence-electron chi connectivity index (χ0n) is 10.5. The fourth-order valence-corrected chi connectivity index (χ4v) is 2.06. The van der Waals surface area contributed by atoms with Gasteiger partial charge in [-0.15, -0.1) is 0 Å². The molecule has 1 heterocycles. The average Bonchev–Trinajstić information content (AvgIpc) is 2.44. The van der Waals surface area contributed by atoms with Gasteiger partial charge in [0.05, 0.1) is 11.9 Å². The highest BCUT2D eigenvalue weighted by Gasteiger charge is 2.04. The van der Waals surface area contributed by atoms with Crippen LogP contribution in [-0.4, -0.2) is 16.3 Å². The minimum atomic E-state index is -0.156. The summed E-state index contributed by atoms with van der Waals surface area (Å²) in [5.41, 5.74) is 1.68. The van der Waals surface area contributed by atoms with E-state index in [0.717, 1.165) is 5.56 Å². The van der Waals surface area contributed by atoms with Crippen molar-refractivity contribution in [3.63, 3.8) is 0 Å². The fourth-order valence-electron chi connectivity index (χ4n) is 1.56. The Balaban J connectivity index is 1.99. The monoisotopic (exact) mass is 319 g/mol. The minimum absolute atomic E-state index is 0.156. The normalized spacial score (nSPS) is 10.8. The molecule has 0 unspecified atom stereocenters. The van der Waals surface area contributed by atoms with Gasteiger partial charge in [0.15, 0.2) is 0 Å². The Labute approximate surface area is 119 Å². The zero-order chi connectivity index (χ0) is 13.7. The van der Waals surface area contributed by atoms with E-state index in [-0.39, 0.29) is 5.56 Å². The standard InChI is InChI=1S/C14H14BrN3O/c1-18-14(19)13(15)12(10-17-18)16-9-5-8-11-6-3-2-4-7-11/h2-8,10,16H,9H2,1H3/b8-5+. The quantitative estimate of drug-likeness (QED) is 0.942. The molecule has 0 saturated heterocycles. The number of hydrogen-bond acceptors (Lipinski definition) is 3. The van der Waals surface area contributed by atoms with Gasteiger partial charge in [0.1, 0.15) is 4.47 Å². The first kappa shape index (κ1) is 13.5. The molecule has 0 spiro atoms. The van der Waals surface area contributed by atoms with Gasteiger partial charge in [0.25, 0.3) is 5.56 Å². The van der Waals surface area contributed by atoms with E-state index >= 15 is 0 Å². The Hall–Kier alpha value is -1.88. The first-order chi connectivity index (χ1) is 9.18. The first-order valence-corrected chi connectivity index (χ1v) is 6.65. The van der Waals surface area contributed by atoms with Crippen molar-refractivity contribution in [1.29, 1.82) is 0 Å². The predicted molar refractivity (Wildman–Crippen MR) is 81.1 cm³/mol. The molecule has 1 aromatic heterocycles. The van der Waals surface area contributed by atoms with Crippen LogP contribution in [0.25, 0.3) is 6.08 Å². The van der Waals surface area contributed by atoms with Crippen molar-refractivity contribution in [2.45, 2.75) is 0 Å². The van der Waals surface area contributed by atoms with Gasteiger partial charge in [0.2, 0.25) is 0 Å². The number of benzene rings is 1. The summed E-state index contributed by atoms with van der Waals surface area (Å²) in [5, 5.41) is 7.11. The summed E-state index contributed by atoms with van der Waals surface area (Å²) >= 11 is 3.27. The highest BCUT2D eigenvalue weighted by atomic mass is 79.9. The number of anilines is 1. The van der Waals surface area contributed by atoms with E-state index in [1.54, 1.807) is 13.2 Å². The molecule has 0 radical (unpaired) electrons. The second-order valence-electron chi connectivity index (χ2n) is 3.99. The third-order valence-corrected chi connectivity index (χ3v) is 3.36. The molecular weight excluding hydrogens is 306 g/mol. The van der Waals surface area contributed by atoms with Gasteiger partial charge in [-0.25, -0.2) is 4.68 Å². The molecule has 19 heavy (non-hydrogen) atoms. The number of halogens is 1. The predicted octanol–water partition coefficient (Wildman–Crippen LogP) is 2.67. The molecule has 0 aliphatic rings. The number of hydrogen-bond donors (Lipinski definition) is 1. The summed E-state index contributed by atoms with van der Waals surface area (Å²) in [4.78, 5) is 11.6. The van der Waals surface area contributed by atoms with E-state index in [0.29, 0.717) is 16.7 Å². The number of rotatable bonds is 4. The van der Waals surface area contributed by atoms with E-state index in [2.05, 4.69) is 26.3 Å². The molecule has 0 bridgehead atoms. The van der Waals surface area contributed by atoms with Crippen molar-refractivity contribution in [3.05, 3.63) is 63.0 Å². The van der Waals surface area contributed by atoms with Crippen molar-refractivity contribution >= 4 is 27.7 Å². The molecule has 0 amide bonds. The fraction of sp³-hybridized carbons (Fsp3) is 0.143.